The Bertz CT molecular complexity index is 1080. The van der Waals surface area contributed by atoms with Crippen LogP contribution in [-0.4, -0.2) is 27.6 Å². The molecule has 1 amide bonds. The highest BCUT2D eigenvalue weighted by molar-refractivity contribution is 8.18. The summed E-state index contributed by atoms with van der Waals surface area (Å²) < 4.78 is 5.58. The molecule has 0 aliphatic carbocycles. The van der Waals surface area contributed by atoms with Gasteiger partial charge in [0.1, 0.15) is 17.8 Å². The van der Waals surface area contributed by atoms with Crippen molar-refractivity contribution >= 4 is 45.5 Å². The SMILES string of the molecule is CCOc1ccccc1N=C1NC(=O)C(=Cc2ccc3ncncc3c2)S1. The Morgan fingerprint density at radius 1 is 1.26 bits per heavy atom. The fraction of sp³-hybridized carbons (Fsp3) is 0.100. The number of aliphatic imine (C=N–C) groups is 1. The minimum absolute atomic E-state index is 0.169. The highest BCUT2D eigenvalue weighted by Crippen LogP contribution is 2.32. The minimum Gasteiger partial charge on any atom is -0.492 e. The van der Waals surface area contributed by atoms with Crippen LogP contribution in [0, 0.1) is 0 Å². The van der Waals surface area contributed by atoms with Gasteiger partial charge in [0.05, 0.1) is 17.0 Å². The number of nitrogens with one attached hydrogen (secondary N) is 1. The van der Waals surface area contributed by atoms with Crippen LogP contribution in [0.4, 0.5) is 5.69 Å². The second kappa shape index (κ2) is 7.59. The highest BCUT2D eigenvalue weighted by Gasteiger charge is 2.24. The Hall–Kier alpha value is -3.19. The van der Waals surface area contributed by atoms with Crippen molar-refractivity contribution in [3.05, 3.63) is 65.5 Å². The molecule has 0 unspecified atom stereocenters. The van der Waals surface area contributed by atoms with Gasteiger partial charge in [-0.05, 0) is 54.6 Å². The molecule has 0 radical (unpaired) electrons. The van der Waals surface area contributed by atoms with Crippen LogP contribution in [0.2, 0.25) is 0 Å². The molecule has 27 heavy (non-hydrogen) atoms. The van der Waals surface area contributed by atoms with Gasteiger partial charge in [-0.3, -0.25) is 4.79 Å². The molecule has 134 valence electrons. The molecule has 2 aromatic carbocycles. The number of amides is 1. The smallest absolute Gasteiger partial charge is 0.264 e. The lowest BCUT2D eigenvalue weighted by atomic mass is 10.1. The number of nitrogens with zero attached hydrogens (tertiary/aromatic N) is 3. The van der Waals surface area contributed by atoms with E-state index in [1.165, 1.54) is 18.1 Å². The third kappa shape index (κ3) is 3.83. The lowest BCUT2D eigenvalue weighted by Gasteiger charge is -2.06. The van der Waals surface area contributed by atoms with E-state index in [-0.39, 0.29) is 5.91 Å². The van der Waals surface area contributed by atoms with Crippen LogP contribution in [0.25, 0.3) is 17.0 Å². The highest BCUT2D eigenvalue weighted by atomic mass is 32.2. The first-order valence-electron chi connectivity index (χ1n) is 8.44. The molecule has 0 atom stereocenters. The Balaban J connectivity index is 1.61. The number of ether oxygens (including phenoxy) is 1. The van der Waals surface area contributed by atoms with E-state index in [4.69, 9.17) is 4.74 Å². The van der Waals surface area contributed by atoms with Crippen molar-refractivity contribution in [3.8, 4) is 5.75 Å². The van der Waals surface area contributed by atoms with Crippen LogP contribution in [0.5, 0.6) is 5.75 Å². The van der Waals surface area contributed by atoms with E-state index < -0.39 is 0 Å². The standard InChI is InChI=1S/C20H16N4O2S/c1-2-26-17-6-4-3-5-16(17)23-20-24-19(25)18(27-20)10-13-7-8-15-14(9-13)11-21-12-22-15/h3-12H,2H2,1H3,(H,23,24,25). The number of para-hydroxylation sites is 2. The van der Waals surface area contributed by atoms with Crippen molar-refractivity contribution in [2.24, 2.45) is 4.99 Å². The summed E-state index contributed by atoms with van der Waals surface area (Å²) in [4.78, 5) is 25.7. The van der Waals surface area contributed by atoms with E-state index in [2.05, 4.69) is 20.3 Å². The number of hydrogen-bond donors (Lipinski definition) is 1. The molecular weight excluding hydrogens is 360 g/mol. The maximum absolute atomic E-state index is 12.3. The predicted molar refractivity (Wildman–Crippen MR) is 108 cm³/mol. The van der Waals surface area contributed by atoms with Gasteiger partial charge in [-0.25, -0.2) is 15.0 Å². The first kappa shape index (κ1) is 17.2. The van der Waals surface area contributed by atoms with E-state index in [0.717, 1.165) is 16.5 Å². The van der Waals surface area contributed by atoms with Crippen LogP contribution in [0.1, 0.15) is 12.5 Å². The second-order valence-corrected chi connectivity index (χ2v) is 6.75. The zero-order valence-corrected chi connectivity index (χ0v) is 15.4. The molecule has 7 heteroatoms. The van der Waals surface area contributed by atoms with Gasteiger partial charge in [0.25, 0.3) is 5.91 Å². The zero-order chi connectivity index (χ0) is 18.6. The normalized spacial score (nSPS) is 16.9. The molecule has 2 heterocycles. The topological polar surface area (TPSA) is 76.5 Å². The zero-order valence-electron chi connectivity index (χ0n) is 14.5. The Labute approximate surface area is 160 Å². The molecule has 0 spiro atoms. The summed E-state index contributed by atoms with van der Waals surface area (Å²) in [5.74, 6) is 0.520. The lowest BCUT2D eigenvalue weighted by molar-refractivity contribution is -0.115. The van der Waals surface area contributed by atoms with Crippen LogP contribution < -0.4 is 10.1 Å². The third-order valence-corrected chi connectivity index (χ3v) is 4.77. The molecule has 1 aliphatic heterocycles. The summed E-state index contributed by atoms with van der Waals surface area (Å²) in [6, 6.07) is 13.3. The average molecular weight is 376 g/mol. The number of thioether (sulfide) groups is 1. The maximum Gasteiger partial charge on any atom is 0.264 e. The first-order valence-corrected chi connectivity index (χ1v) is 9.26. The molecule has 3 aromatic rings. The molecular formula is C20H16N4O2S. The van der Waals surface area contributed by atoms with Gasteiger partial charge in [0, 0.05) is 11.6 Å². The molecule has 6 nitrogen and oxygen atoms in total. The number of hydrogen-bond acceptors (Lipinski definition) is 6. The molecule has 1 N–H and O–H groups in total. The van der Waals surface area contributed by atoms with Gasteiger partial charge in [0.2, 0.25) is 0 Å². The largest absolute Gasteiger partial charge is 0.492 e. The van der Waals surface area contributed by atoms with E-state index in [9.17, 15) is 4.79 Å². The summed E-state index contributed by atoms with van der Waals surface area (Å²) in [6.45, 7) is 2.48. The number of rotatable bonds is 4. The number of carbonyl (C=O) groups excluding carboxylic acids is 1. The summed E-state index contributed by atoms with van der Waals surface area (Å²) in [7, 11) is 0. The molecule has 1 fully saturated rings. The van der Waals surface area contributed by atoms with Gasteiger partial charge in [-0.2, -0.15) is 0 Å². The second-order valence-electron chi connectivity index (χ2n) is 5.72. The summed E-state index contributed by atoms with van der Waals surface area (Å²) >= 11 is 1.30. The van der Waals surface area contributed by atoms with Crippen LogP contribution in [0.15, 0.2) is 64.9 Å². The number of aromatic nitrogens is 2. The third-order valence-electron chi connectivity index (χ3n) is 3.86. The van der Waals surface area contributed by atoms with E-state index in [1.807, 2.05) is 55.5 Å². The Morgan fingerprint density at radius 2 is 2.15 bits per heavy atom. The van der Waals surface area contributed by atoms with Crippen LogP contribution in [-0.2, 0) is 4.79 Å². The van der Waals surface area contributed by atoms with Crippen LogP contribution in [0.3, 0.4) is 0 Å². The van der Waals surface area contributed by atoms with Gasteiger partial charge in [-0.15, -0.1) is 0 Å². The molecule has 4 rings (SSSR count). The minimum atomic E-state index is -0.169. The average Bonchev–Trinajstić information content (AvgIpc) is 3.02. The van der Waals surface area contributed by atoms with Gasteiger partial charge in [-0.1, -0.05) is 18.2 Å². The molecule has 0 saturated carbocycles. The summed E-state index contributed by atoms with van der Waals surface area (Å²) in [6.07, 6.45) is 5.11. The number of amidine groups is 1. The van der Waals surface area contributed by atoms with Crippen molar-refractivity contribution in [3.63, 3.8) is 0 Å². The lowest BCUT2D eigenvalue weighted by Crippen LogP contribution is -2.19. The number of fused-ring (bicyclic) bond motifs is 1. The van der Waals surface area contributed by atoms with Crippen LogP contribution >= 0.6 is 11.8 Å². The van der Waals surface area contributed by atoms with Crippen molar-refractivity contribution in [2.45, 2.75) is 6.92 Å². The van der Waals surface area contributed by atoms with E-state index in [1.54, 1.807) is 6.20 Å². The van der Waals surface area contributed by atoms with E-state index >= 15 is 0 Å². The summed E-state index contributed by atoms with van der Waals surface area (Å²) in [5.41, 5.74) is 2.46. The van der Waals surface area contributed by atoms with Gasteiger partial charge < -0.3 is 10.1 Å². The van der Waals surface area contributed by atoms with Gasteiger partial charge >= 0.3 is 0 Å². The van der Waals surface area contributed by atoms with E-state index in [0.29, 0.717) is 28.1 Å². The van der Waals surface area contributed by atoms with Crippen molar-refractivity contribution in [1.29, 1.82) is 0 Å². The molecule has 1 aromatic heterocycles. The Morgan fingerprint density at radius 3 is 3.04 bits per heavy atom. The van der Waals surface area contributed by atoms with Gasteiger partial charge in [0.15, 0.2) is 5.17 Å². The van der Waals surface area contributed by atoms with Crippen molar-refractivity contribution < 1.29 is 9.53 Å². The number of benzene rings is 2. The quantitative estimate of drug-likeness (QED) is 0.699. The van der Waals surface area contributed by atoms with Crippen molar-refractivity contribution in [2.75, 3.05) is 6.61 Å². The molecule has 0 bridgehead atoms. The maximum atomic E-state index is 12.3. The Kier molecular flexibility index (Phi) is 4.84. The first-order chi connectivity index (χ1) is 13.2. The fourth-order valence-corrected chi connectivity index (χ4v) is 3.50. The van der Waals surface area contributed by atoms with Crippen molar-refractivity contribution in [1.82, 2.24) is 15.3 Å². The predicted octanol–water partition coefficient (Wildman–Crippen LogP) is 3.92. The summed E-state index contributed by atoms with van der Waals surface area (Å²) in [5, 5.41) is 4.26. The molecule has 1 aliphatic rings. The molecule has 1 saturated heterocycles. The number of carbonyl (C=O) groups is 1. The fourth-order valence-electron chi connectivity index (χ4n) is 2.66. The monoisotopic (exact) mass is 376 g/mol.